The molecule has 5 rings (SSSR count). The summed E-state index contributed by atoms with van der Waals surface area (Å²) in [7, 11) is 0. The van der Waals surface area contributed by atoms with Gasteiger partial charge in [-0.05, 0) is 80.2 Å². The third-order valence-corrected chi connectivity index (χ3v) is 6.66. The van der Waals surface area contributed by atoms with Crippen LogP contribution in [0.25, 0.3) is 33.6 Å². The Hall–Kier alpha value is -3.69. The van der Waals surface area contributed by atoms with E-state index in [1.165, 1.54) is 23.8 Å². The van der Waals surface area contributed by atoms with Crippen molar-refractivity contribution >= 4 is 10.8 Å². The van der Waals surface area contributed by atoms with E-state index in [9.17, 15) is 5.26 Å². The number of fused-ring (bicyclic) bond motifs is 1. The Morgan fingerprint density at radius 1 is 1.09 bits per heavy atom. The molecule has 0 saturated carbocycles. The zero-order valence-electron chi connectivity index (χ0n) is 20.5. The van der Waals surface area contributed by atoms with Crippen LogP contribution in [-0.2, 0) is 6.54 Å². The Bertz CT molecular complexity index is 1380. The van der Waals surface area contributed by atoms with Gasteiger partial charge in [-0.2, -0.15) is 10.2 Å². The molecule has 1 saturated heterocycles. The molecule has 178 valence electrons. The predicted octanol–water partition coefficient (Wildman–Crippen LogP) is 6.45. The number of benzene rings is 3. The molecule has 1 aliphatic heterocycles. The van der Waals surface area contributed by atoms with Gasteiger partial charge in [0.05, 0.1) is 11.7 Å². The molecule has 35 heavy (non-hydrogen) atoms. The Kier molecular flexibility index (Phi) is 6.52. The fourth-order valence-corrected chi connectivity index (χ4v) is 4.71. The number of hydrogen-bond acceptors (Lipinski definition) is 6. The van der Waals surface area contributed by atoms with Crippen molar-refractivity contribution in [1.29, 1.82) is 5.26 Å². The zero-order valence-corrected chi connectivity index (χ0v) is 20.5. The van der Waals surface area contributed by atoms with Gasteiger partial charge in [0, 0.05) is 17.7 Å². The van der Waals surface area contributed by atoms with Crippen molar-refractivity contribution in [3.8, 4) is 34.7 Å². The maximum Gasteiger partial charge on any atom is 0.258 e. The molecule has 6 nitrogen and oxygen atoms in total. The molecule has 0 atom stereocenters. The van der Waals surface area contributed by atoms with E-state index in [1.807, 2.05) is 26.0 Å². The van der Waals surface area contributed by atoms with Crippen LogP contribution in [0.3, 0.4) is 0 Å². The van der Waals surface area contributed by atoms with E-state index in [-0.39, 0.29) is 6.10 Å². The lowest BCUT2D eigenvalue weighted by Gasteiger charge is -2.30. The highest BCUT2D eigenvalue weighted by atomic mass is 16.5. The monoisotopic (exact) mass is 466 g/mol. The number of piperidine rings is 1. The molecule has 0 aliphatic carbocycles. The summed E-state index contributed by atoms with van der Waals surface area (Å²) in [4.78, 5) is 7.23. The molecular formula is C29H30N4O2. The van der Waals surface area contributed by atoms with Gasteiger partial charge in [0.25, 0.3) is 5.89 Å². The molecular weight excluding hydrogens is 436 g/mol. The summed E-state index contributed by atoms with van der Waals surface area (Å²) in [5, 5.41) is 16.2. The van der Waals surface area contributed by atoms with Crippen LogP contribution in [0.5, 0.6) is 5.75 Å². The maximum absolute atomic E-state index is 9.56. The Morgan fingerprint density at radius 3 is 2.60 bits per heavy atom. The summed E-state index contributed by atoms with van der Waals surface area (Å²) < 4.78 is 11.3. The van der Waals surface area contributed by atoms with Crippen LogP contribution in [0.1, 0.15) is 44.7 Å². The third kappa shape index (κ3) is 4.91. The van der Waals surface area contributed by atoms with E-state index in [2.05, 4.69) is 58.4 Å². The van der Waals surface area contributed by atoms with Gasteiger partial charge in [0.2, 0.25) is 5.82 Å². The minimum absolute atomic E-state index is 0.0160. The van der Waals surface area contributed by atoms with Crippen molar-refractivity contribution in [3.05, 3.63) is 65.7 Å². The van der Waals surface area contributed by atoms with Crippen LogP contribution >= 0.6 is 0 Å². The normalized spacial score (nSPS) is 14.9. The van der Waals surface area contributed by atoms with E-state index in [1.54, 1.807) is 12.1 Å². The number of aromatic nitrogens is 2. The topological polar surface area (TPSA) is 75.2 Å². The molecule has 0 amide bonds. The highest BCUT2D eigenvalue weighted by Gasteiger charge is 2.19. The first-order chi connectivity index (χ1) is 17.0. The SMILES string of the molecule is CC1CCN(Cc2ccc(-c3noc(-c4ccc(OC(C)C)c(C#N)c4)n3)c3ccccc23)CC1. The first kappa shape index (κ1) is 23.1. The second kappa shape index (κ2) is 9.89. The molecule has 3 aromatic carbocycles. The van der Waals surface area contributed by atoms with Crippen molar-refractivity contribution in [2.45, 2.75) is 46.3 Å². The lowest BCUT2D eigenvalue weighted by Crippen LogP contribution is -2.32. The van der Waals surface area contributed by atoms with Crippen LogP contribution in [-0.4, -0.2) is 34.2 Å². The van der Waals surface area contributed by atoms with Gasteiger partial charge in [0.1, 0.15) is 11.8 Å². The third-order valence-electron chi connectivity index (χ3n) is 6.66. The van der Waals surface area contributed by atoms with Gasteiger partial charge in [0.15, 0.2) is 0 Å². The van der Waals surface area contributed by atoms with Crippen molar-refractivity contribution in [1.82, 2.24) is 15.0 Å². The van der Waals surface area contributed by atoms with Crippen LogP contribution in [0, 0.1) is 17.2 Å². The fraction of sp³-hybridized carbons (Fsp3) is 0.345. The minimum Gasteiger partial charge on any atom is -0.490 e. The molecule has 0 radical (unpaired) electrons. The Labute approximate surface area is 206 Å². The average molecular weight is 467 g/mol. The summed E-state index contributed by atoms with van der Waals surface area (Å²) >= 11 is 0. The summed E-state index contributed by atoms with van der Waals surface area (Å²) in [5.41, 5.74) is 3.39. The summed E-state index contributed by atoms with van der Waals surface area (Å²) in [6.07, 6.45) is 2.51. The largest absolute Gasteiger partial charge is 0.490 e. The first-order valence-corrected chi connectivity index (χ1v) is 12.3. The molecule has 0 unspecified atom stereocenters. The van der Waals surface area contributed by atoms with Gasteiger partial charge in [-0.3, -0.25) is 4.90 Å². The molecule has 0 spiro atoms. The number of nitriles is 1. The first-order valence-electron chi connectivity index (χ1n) is 12.3. The quantitative estimate of drug-likeness (QED) is 0.325. The number of hydrogen-bond donors (Lipinski definition) is 0. The van der Waals surface area contributed by atoms with Crippen LogP contribution in [0.4, 0.5) is 0 Å². The van der Waals surface area contributed by atoms with Gasteiger partial charge in [-0.15, -0.1) is 0 Å². The number of rotatable bonds is 6. The van der Waals surface area contributed by atoms with Crippen molar-refractivity contribution < 1.29 is 9.26 Å². The van der Waals surface area contributed by atoms with Crippen molar-refractivity contribution in [2.75, 3.05) is 13.1 Å². The lowest BCUT2D eigenvalue weighted by molar-refractivity contribution is 0.186. The van der Waals surface area contributed by atoms with Crippen LogP contribution in [0.15, 0.2) is 59.1 Å². The smallest absolute Gasteiger partial charge is 0.258 e. The standard InChI is InChI=1S/C29H30N4O2/c1-19(2)34-27-11-9-21(16-23(27)17-30)29-31-28(32-35-29)26-10-8-22(24-6-4-5-7-25(24)26)18-33-14-12-20(3)13-15-33/h4-11,16,19-20H,12-15,18H2,1-3H3. The highest BCUT2D eigenvalue weighted by molar-refractivity contribution is 5.97. The van der Waals surface area contributed by atoms with Crippen LogP contribution < -0.4 is 4.74 Å². The highest BCUT2D eigenvalue weighted by Crippen LogP contribution is 2.33. The maximum atomic E-state index is 9.56. The van der Waals surface area contributed by atoms with Gasteiger partial charge in [-0.1, -0.05) is 48.5 Å². The van der Waals surface area contributed by atoms with E-state index in [0.29, 0.717) is 28.6 Å². The van der Waals surface area contributed by atoms with Gasteiger partial charge >= 0.3 is 0 Å². The minimum atomic E-state index is -0.0160. The van der Waals surface area contributed by atoms with Gasteiger partial charge in [-0.25, -0.2) is 0 Å². The molecule has 1 fully saturated rings. The zero-order chi connectivity index (χ0) is 24.4. The second-order valence-corrected chi connectivity index (χ2v) is 9.69. The summed E-state index contributed by atoms with van der Waals surface area (Å²) in [5.74, 6) is 2.29. The molecule has 0 N–H and O–H groups in total. The van der Waals surface area contributed by atoms with Crippen molar-refractivity contribution in [3.63, 3.8) is 0 Å². The predicted molar refractivity (Wildman–Crippen MR) is 137 cm³/mol. The fourth-order valence-electron chi connectivity index (χ4n) is 4.71. The van der Waals surface area contributed by atoms with Crippen molar-refractivity contribution in [2.24, 2.45) is 5.92 Å². The lowest BCUT2D eigenvalue weighted by atomic mass is 9.96. The summed E-state index contributed by atoms with van der Waals surface area (Å²) in [6, 6.07) is 20.3. The molecule has 4 aromatic rings. The van der Waals surface area contributed by atoms with E-state index >= 15 is 0 Å². The summed E-state index contributed by atoms with van der Waals surface area (Å²) in [6.45, 7) is 9.46. The number of likely N-dealkylation sites (tertiary alicyclic amines) is 1. The van der Waals surface area contributed by atoms with E-state index in [4.69, 9.17) is 9.26 Å². The van der Waals surface area contributed by atoms with E-state index < -0.39 is 0 Å². The molecule has 1 aromatic heterocycles. The van der Waals surface area contributed by atoms with Crippen LogP contribution in [0.2, 0.25) is 0 Å². The molecule has 2 heterocycles. The van der Waals surface area contributed by atoms with E-state index in [0.717, 1.165) is 36.5 Å². The second-order valence-electron chi connectivity index (χ2n) is 9.69. The molecule has 1 aliphatic rings. The number of nitrogens with zero attached hydrogens (tertiary/aromatic N) is 4. The number of ether oxygens (including phenoxy) is 1. The van der Waals surface area contributed by atoms with Gasteiger partial charge < -0.3 is 9.26 Å². The molecule has 0 bridgehead atoms. The average Bonchev–Trinajstić information content (AvgIpc) is 3.35. The Balaban J connectivity index is 1.45. The Morgan fingerprint density at radius 2 is 1.86 bits per heavy atom. The molecule has 6 heteroatoms.